The van der Waals surface area contributed by atoms with E-state index in [4.69, 9.17) is 27.9 Å². The summed E-state index contributed by atoms with van der Waals surface area (Å²) >= 11 is 11.9. The van der Waals surface area contributed by atoms with Crippen LogP contribution < -0.4 is 10.6 Å². The van der Waals surface area contributed by atoms with Crippen molar-refractivity contribution in [1.29, 1.82) is 0 Å². The van der Waals surface area contributed by atoms with E-state index in [-0.39, 0.29) is 18.1 Å². The van der Waals surface area contributed by atoms with Gasteiger partial charge in [0.2, 0.25) is 0 Å². The lowest BCUT2D eigenvalue weighted by Gasteiger charge is -2.38. The second kappa shape index (κ2) is 9.42. The van der Waals surface area contributed by atoms with E-state index in [1.165, 1.54) is 5.56 Å². The number of carbonyl (C=O) groups is 1. The molecule has 0 spiro atoms. The zero-order valence-corrected chi connectivity index (χ0v) is 16.6. The van der Waals surface area contributed by atoms with Crippen LogP contribution in [0.3, 0.4) is 0 Å². The number of ether oxygens (including phenoxy) is 1. The van der Waals surface area contributed by atoms with Gasteiger partial charge in [-0.1, -0.05) is 53.5 Å². The van der Waals surface area contributed by atoms with E-state index in [2.05, 4.69) is 27.7 Å². The summed E-state index contributed by atoms with van der Waals surface area (Å²) < 4.78 is 5.48. The highest BCUT2D eigenvalue weighted by atomic mass is 35.5. The van der Waals surface area contributed by atoms with Gasteiger partial charge < -0.3 is 15.4 Å². The molecule has 0 unspecified atom stereocenters. The van der Waals surface area contributed by atoms with E-state index in [9.17, 15) is 4.79 Å². The Morgan fingerprint density at radius 1 is 1.07 bits per heavy atom. The Hall–Kier alpha value is -1.79. The van der Waals surface area contributed by atoms with Crippen molar-refractivity contribution in [2.45, 2.75) is 19.0 Å². The molecule has 2 N–H and O–H groups in total. The van der Waals surface area contributed by atoms with E-state index in [1.54, 1.807) is 18.2 Å². The lowest BCUT2D eigenvalue weighted by Crippen LogP contribution is -2.49. The third kappa shape index (κ3) is 5.36. The molecule has 1 aliphatic rings. The molecule has 2 amide bonds. The van der Waals surface area contributed by atoms with Crippen LogP contribution in [0.5, 0.6) is 0 Å². The largest absolute Gasteiger partial charge is 0.379 e. The third-order valence-corrected chi connectivity index (χ3v) is 5.33. The summed E-state index contributed by atoms with van der Waals surface area (Å²) in [5.74, 6) is 0. The van der Waals surface area contributed by atoms with Crippen LogP contribution in [-0.2, 0) is 4.74 Å². The predicted molar refractivity (Wildman–Crippen MR) is 110 cm³/mol. The molecule has 2 aromatic rings. The molecular weight excluding hydrogens is 385 g/mol. The number of halogens is 2. The lowest BCUT2D eigenvalue weighted by molar-refractivity contribution is 0.00974. The molecule has 0 radical (unpaired) electrons. The molecule has 1 saturated heterocycles. The van der Waals surface area contributed by atoms with E-state index >= 15 is 0 Å². The maximum atomic E-state index is 12.5. The lowest BCUT2D eigenvalue weighted by atomic mass is 9.98. The van der Waals surface area contributed by atoms with Crippen molar-refractivity contribution >= 4 is 34.9 Å². The molecule has 1 fully saturated rings. The first-order chi connectivity index (χ1) is 13.0. The molecule has 2 atom stereocenters. The topological polar surface area (TPSA) is 53.6 Å². The van der Waals surface area contributed by atoms with Gasteiger partial charge in [0, 0.05) is 24.8 Å². The molecule has 0 saturated carbocycles. The number of nitrogens with zero attached hydrogens (tertiary/aromatic N) is 1. The summed E-state index contributed by atoms with van der Waals surface area (Å²) in [4.78, 5) is 14.8. The summed E-state index contributed by atoms with van der Waals surface area (Å²) in [5.41, 5.74) is 1.76. The molecule has 144 valence electrons. The number of nitrogens with one attached hydrogen (secondary N) is 2. The molecule has 0 aromatic heterocycles. The second-order valence-corrected chi connectivity index (χ2v) is 7.33. The van der Waals surface area contributed by atoms with Gasteiger partial charge in [-0.3, -0.25) is 4.90 Å². The average molecular weight is 408 g/mol. The fourth-order valence-electron chi connectivity index (χ4n) is 3.35. The quantitative estimate of drug-likeness (QED) is 0.762. The highest BCUT2D eigenvalue weighted by Gasteiger charge is 2.28. The number of hydrogen-bond donors (Lipinski definition) is 2. The van der Waals surface area contributed by atoms with Crippen LogP contribution in [0.2, 0.25) is 10.0 Å². The van der Waals surface area contributed by atoms with Crippen LogP contribution in [-0.4, -0.2) is 43.3 Å². The van der Waals surface area contributed by atoms with E-state index in [0.717, 1.165) is 13.1 Å². The minimum atomic E-state index is -0.282. The highest BCUT2D eigenvalue weighted by molar-refractivity contribution is 6.42. The minimum absolute atomic E-state index is 0.0645. The van der Waals surface area contributed by atoms with E-state index in [0.29, 0.717) is 28.9 Å². The average Bonchev–Trinajstić information content (AvgIpc) is 2.66. The Morgan fingerprint density at radius 3 is 2.44 bits per heavy atom. The van der Waals surface area contributed by atoms with Gasteiger partial charge in [0.15, 0.2) is 0 Å². The number of anilines is 1. The molecule has 27 heavy (non-hydrogen) atoms. The van der Waals surface area contributed by atoms with Crippen molar-refractivity contribution in [2.75, 3.05) is 31.6 Å². The Kier molecular flexibility index (Phi) is 6.96. The smallest absolute Gasteiger partial charge is 0.319 e. The zero-order valence-electron chi connectivity index (χ0n) is 15.1. The van der Waals surface area contributed by atoms with Gasteiger partial charge in [0.05, 0.1) is 29.3 Å². The fourth-order valence-corrected chi connectivity index (χ4v) is 3.65. The van der Waals surface area contributed by atoms with Gasteiger partial charge in [-0.15, -0.1) is 0 Å². The second-order valence-electron chi connectivity index (χ2n) is 6.52. The van der Waals surface area contributed by atoms with Crippen molar-refractivity contribution in [3.8, 4) is 0 Å². The van der Waals surface area contributed by atoms with Crippen molar-refractivity contribution in [3.63, 3.8) is 0 Å². The number of urea groups is 1. The molecule has 5 nitrogen and oxygen atoms in total. The third-order valence-electron chi connectivity index (χ3n) is 4.59. The summed E-state index contributed by atoms with van der Waals surface area (Å²) in [6.45, 7) is 5.08. The Bertz CT molecular complexity index is 767. The van der Waals surface area contributed by atoms with Crippen LogP contribution in [0.4, 0.5) is 10.5 Å². The summed E-state index contributed by atoms with van der Waals surface area (Å²) in [6, 6.07) is 14.9. The number of morpholine rings is 1. The first kappa shape index (κ1) is 20.0. The summed E-state index contributed by atoms with van der Waals surface area (Å²) in [7, 11) is 0. The normalized spacial score (nSPS) is 17.1. The maximum Gasteiger partial charge on any atom is 0.319 e. The van der Waals surface area contributed by atoms with Gasteiger partial charge in [-0.2, -0.15) is 0 Å². The molecule has 1 aliphatic heterocycles. The number of hydrogen-bond acceptors (Lipinski definition) is 3. The molecule has 0 aliphatic carbocycles. The first-order valence-corrected chi connectivity index (χ1v) is 9.69. The van der Waals surface area contributed by atoms with Crippen LogP contribution in [0.25, 0.3) is 0 Å². The highest BCUT2D eigenvalue weighted by Crippen LogP contribution is 2.27. The molecule has 1 heterocycles. The van der Waals surface area contributed by atoms with E-state index in [1.807, 2.05) is 25.1 Å². The monoisotopic (exact) mass is 407 g/mol. The van der Waals surface area contributed by atoms with Crippen LogP contribution in [0.1, 0.15) is 18.5 Å². The number of rotatable bonds is 5. The first-order valence-electron chi connectivity index (χ1n) is 8.94. The fraction of sp³-hybridized carbons (Fsp3) is 0.350. The number of amides is 2. The van der Waals surface area contributed by atoms with Gasteiger partial charge >= 0.3 is 6.03 Å². The molecular formula is C20H23Cl2N3O2. The van der Waals surface area contributed by atoms with E-state index < -0.39 is 0 Å². The van der Waals surface area contributed by atoms with Gasteiger partial charge in [-0.05, 0) is 30.7 Å². The maximum absolute atomic E-state index is 12.5. The van der Waals surface area contributed by atoms with Crippen LogP contribution in [0, 0.1) is 0 Å². The Balaban J connectivity index is 1.70. The van der Waals surface area contributed by atoms with Crippen LogP contribution in [0.15, 0.2) is 48.5 Å². The Labute approximate surface area is 169 Å². The minimum Gasteiger partial charge on any atom is -0.379 e. The molecule has 2 aromatic carbocycles. The van der Waals surface area contributed by atoms with Gasteiger partial charge in [0.1, 0.15) is 0 Å². The van der Waals surface area contributed by atoms with Crippen molar-refractivity contribution in [2.24, 2.45) is 0 Å². The molecule has 0 bridgehead atoms. The summed E-state index contributed by atoms with van der Waals surface area (Å²) in [6.07, 6.45) is 0. The standard InChI is InChI=1S/C20H23Cl2N3O2/c1-14(23-20(26)24-16-7-8-17(21)18(22)13-16)19(15-5-3-2-4-6-15)25-9-11-27-12-10-25/h2-8,13-14,19H,9-12H2,1H3,(H2,23,24,26)/t14-,19+/m0/s1. The molecule has 3 rings (SSSR count). The van der Waals surface area contributed by atoms with Crippen molar-refractivity contribution < 1.29 is 9.53 Å². The number of carbonyl (C=O) groups excluding carboxylic acids is 1. The predicted octanol–water partition coefficient (Wildman–Crippen LogP) is 4.58. The summed E-state index contributed by atoms with van der Waals surface area (Å²) in [5, 5.41) is 6.72. The van der Waals surface area contributed by atoms with Crippen molar-refractivity contribution in [1.82, 2.24) is 10.2 Å². The van der Waals surface area contributed by atoms with Gasteiger partial charge in [0.25, 0.3) is 0 Å². The zero-order chi connectivity index (χ0) is 19.2. The van der Waals surface area contributed by atoms with Crippen molar-refractivity contribution in [3.05, 3.63) is 64.1 Å². The SMILES string of the molecule is C[C@H](NC(=O)Nc1ccc(Cl)c(Cl)c1)[C@H](c1ccccc1)N1CCOCC1. The van der Waals surface area contributed by atoms with Gasteiger partial charge in [-0.25, -0.2) is 4.79 Å². The number of benzene rings is 2. The molecule has 7 heteroatoms. The van der Waals surface area contributed by atoms with Crippen LogP contribution >= 0.6 is 23.2 Å². The Morgan fingerprint density at radius 2 is 1.78 bits per heavy atom.